The van der Waals surface area contributed by atoms with Crippen LogP contribution < -0.4 is 5.32 Å². The van der Waals surface area contributed by atoms with E-state index < -0.39 is 47.2 Å². The zero-order valence-electron chi connectivity index (χ0n) is 15.1. The van der Waals surface area contributed by atoms with Gasteiger partial charge < -0.3 is 20.1 Å². The Kier molecular flexibility index (Phi) is 5.94. The maximum atomic E-state index is 13.6. The molecular formula is C18H19F3N2O4. The number of aryl methyl sites for hydroxylation is 1. The molecule has 3 N–H and O–H groups in total. The zero-order valence-corrected chi connectivity index (χ0v) is 15.1. The number of H-pyrrole nitrogens is 1. The molecule has 0 aliphatic heterocycles. The Morgan fingerprint density at radius 2 is 1.78 bits per heavy atom. The van der Waals surface area contributed by atoms with Gasteiger partial charge in [0, 0.05) is 11.3 Å². The third kappa shape index (κ3) is 4.13. The number of ether oxygens (including phenoxy) is 1. The molecule has 0 saturated heterocycles. The second-order valence-electron chi connectivity index (χ2n) is 6.10. The number of amides is 1. The van der Waals surface area contributed by atoms with E-state index in [9.17, 15) is 27.9 Å². The van der Waals surface area contributed by atoms with E-state index in [1.54, 1.807) is 20.8 Å². The Bertz CT molecular complexity index is 893. The van der Waals surface area contributed by atoms with Crippen molar-refractivity contribution in [3.8, 4) is 0 Å². The van der Waals surface area contributed by atoms with Crippen LogP contribution in [0.3, 0.4) is 0 Å². The van der Waals surface area contributed by atoms with Gasteiger partial charge in [0.1, 0.15) is 5.69 Å². The highest BCUT2D eigenvalue weighted by Crippen LogP contribution is 2.25. The molecule has 1 aromatic heterocycles. The van der Waals surface area contributed by atoms with Crippen LogP contribution in [0.1, 0.15) is 47.3 Å². The Balaban J connectivity index is 2.12. The number of hydrogen-bond donors (Lipinski definition) is 3. The highest BCUT2D eigenvalue weighted by atomic mass is 19.2. The van der Waals surface area contributed by atoms with Gasteiger partial charge in [0.2, 0.25) is 0 Å². The largest absolute Gasteiger partial charge is 0.448 e. The minimum atomic E-state index is -1.72. The quantitative estimate of drug-likeness (QED) is 0.545. The summed E-state index contributed by atoms with van der Waals surface area (Å²) in [6.07, 6.45) is -2.15. The molecule has 0 aliphatic rings. The SMILES string of the molecule is Cc1[nH]c(C(=O)O[C@@H](C)C(=O)Nc2ccc(F)c(F)c2F)c(C)c1[C@@H](C)O. The highest BCUT2D eigenvalue weighted by Gasteiger charge is 2.25. The van der Waals surface area contributed by atoms with E-state index in [0.29, 0.717) is 22.9 Å². The standard InChI is InChI=1S/C18H19F3N2O4/c1-7-13(9(3)24)8(2)22-16(7)18(26)27-10(4)17(25)23-12-6-5-11(19)14(20)15(12)21/h5-6,9-10,22,24H,1-4H3,(H,23,25)/t9-,10+/m1/s1. The summed E-state index contributed by atoms with van der Waals surface area (Å²) in [4.78, 5) is 27.2. The van der Waals surface area contributed by atoms with Crippen LogP contribution in [0, 0.1) is 31.3 Å². The normalized spacial score (nSPS) is 13.2. The molecule has 2 aromatic rings. The molecule has 2 atom stereocenters. The van der Waals surface area contributed by atoms with Crippen molar-refractivity contribution >= 4 is 17.6 Å². The van der Waals surface area contributed by atoms with E-state index in [1.807, 2.05) is 5.32 Å². The lowest BCUT2D eigenvalue weighted by Gasteiger charge is -2.14. The third-order valence-electron chi connectivity index (χ3n) is 4.06. The van der Waals surface area contributed by atoms with E-state index in [-0.39, 0.29) is 5.69 Å². The Morgan fingerprint density at radius 3 is 2.33 bits per heavy atom. The fourth-order valence-corrected chi connectivity index (χ4v) is 2.73. The van der Waals surface area contributed by atoms with Gasteiger partial charge in [-0.1, -0.05) is 0 Å². The summed E-state index contributed by atoms with van der Waals surface area (Å²) in [7, 11) is 0. The summed E-state index contributed by atoms with van der Waals surface area (Å²) in [6.45, 7) is 6.08. The number of aromatic amines is 1. The average Bonchev–Trinajstić information content (AvgIpc) is 2.89. The van der Waals surface area contributed by atoms with Gasteiger partial charge in [-0.3, -0.25) is 4.79 Å². The van der Waals surface area contributed by atoms with Gasteiger partial charge >= 0.3 is 5.97 Å². The number of aromatic nitrogens is 1. The van der Waals surface area contributed by atoms with Gasteiger partial charge in [-0.2, -0.15) is 0 Å². The molecule has 146 valence electrons. The lowest BCUT2D eigenvalue weighted by atomic mass is 10.1. The molecule has 1 amide bonds. The van der Waals surface area contributed by atoms with Crippen molar-refractivity contribution in [2.24, 2.45) is 0 Å². The van der Waals surface area contributed by atoms with Crippen molar-refractivity contribution in [3.63, 3.8) is 0 Å². The minimum absolute atomic E-state index is 0.0713. The Morgan fingerprint density at radius 1 is 1.15 bits per heavy atom. The van der Waals surface area contributed by atoms with Crippen molar-refractivity contribution in [2.45, 2.75) is 39.9 Å². The van der Waals surface area contributed by atoms with Crippen LogP contribution in [0.25, 0.3) is 0 Å². The van der Waals surface area contributed by atoms with Crippen molar-refractivity contribution in [2.75, 3.05) is 5.32 Å². The zero-order chi connectivity index (χ0) is 20.5. The molecule has 0 unspecified atom stereocenters. The maximum absolute atomic E-state index is 13.6. The first-order valence-electron chi connectivity index (χ1n) is 8.07. The van der Waals surface area contributed by atoms with Gasteiger partial charge in [-0.05, 0) is 45.4 Å². The first-order chi connectivity index (χ1) is 12.5. The number of rotatable bonds is 5. The molecule has 0 saturated carbocycles. The molecule has 0 fully saturated rings. The highest BCUT2D eigenvalue weighted by molar-refractivity contribution is 5.97. The number of halogens is 3. The summed E-state index contributed by atoms with van der Waals surface area (Å²) in [6, 6.07) is 1.51. The lowest BCUT2D eigenvalue weighted by molar-refractivity contribution is -0.123. The molecule has 6 nitrogen and oxygen atoms in total. The number of aliphatic hydroxyl groups is 1. The fraction of sp³-hybridized carbons (Fsp3) is 0.333. The summed E-state index contributed by atoms with van der Waals surface area (Å²) in [5.41, 5.74) is 1.09. The van der Waals surface area contributed by atoms with E-state index in [2.05, 4.69) is 4.98 Å². The van der Waals surface area contributed by atoms with Crippen LogP contribution in [0.2, 0.25) is 0 Å². The molecule has 1 aromatic carbocycles. The first kappa shape index (κ1) is 20.5. The summed E-state index contributed by atoms with van der Waals surface area (Å²) >= 11 is 0. The van der Waals surface area contributed by atoms with Crippen LogP contribution in [-0.2, 0) is 9.53 Å². The van der Waals surface area contributed by atoms with Gasteiger partial charge in [-0.15, -0.1) is 0 Å². The fourth-order valence-electron chi connectivity index (χ4n) is 2.73. The van der Waals surface area contributed by atoms with Crippen molar-refractivity contribution < 1.29 is 32.6 Å². The van der Waals surface area contributed by atoms with Crippen LogP contribution in [0.4, 0.5) is 18.9 Å². The topological polar surface area (TPSA) is 91.4 Å². The van der Waals surface area contributed by atoms with Gasteiger partial charge in [0.05, 0.1) is 11.8 Å². The molecule has 1 heterocycles. The first-order valence-corrected chi connectivity index (χ1v) is 8.07. The Hall–Kier alpha value is -2.81. The van der Waals surface area contributed by atoms with Crippen molar-refractivity contribution in [1.29, 1.82) is 0 Å². The summed E-state index contributed by atoms with van der Waals surface area (Å²) < 4.78 is 44.8. The molecule has 0 bridgehead atoms. The average molecular weight is 384 g/mol. The molecule has 27 heavy (non-hydrogen) atoms. The number of carbonyl (C=O) groups is 2. The molecule has 0 radical (unpaired) electrons. The smallest absolute Gasteiger partial charge is 0.355 e. The number of aliphatic hydroxyl groups excluding tert-OH is 1. The predicted molar refractivity (Wildman–Crippen MR) is 90.7 cm³/mol. The number of carbonyl (C=O) groups excluding carboxylic acids is 2. The second-order valence-corrected chi connectivity index (χ2v) is 6.10. The van der Waals surface area contributed by atoms with E-state index in [4.69, 9.17) is 4.74 Å². The van der Waals surface area contributed by atoms with Gasteiger partial charge in [-0.25, -0.2) is 18.0 Å². The van der Waals surface area contributed by atoms with Crippen LogP contribution in [-0.4, -0.2) is 28.1 Å². The number of benzene rings is 1. The van der Waals surface area contributed by atoms with E-state index in [1.165, 1.54) is 6.92 Å². The molecule has 0 spiro atoms. The maximum Gasteiger partial charge on any atom is 0.355 e. The van der Waals surface area contributed by atoms with E-state index in [0.717, 1.165) is 6.07 Å². The molecule has 9 heteroatoms. The van der Waals surface area contributed by atoms with Gasteiger partial charge in [0.15, 0.2) is 23.6 Å². The number of esters is 1. The van der Waals surface area contributed by atoms with Crippen molar-refractivity contribution in [3.05, 3.63) is 52.1 Å². The Labute approximate surface area is 153 Å². The molecule has 2 rings (SSSR count). The van der Waals surface area contributed by atoms with E-state index >= 15 is 0 Å². The third-order valence-corrected chi connectivity index (χ3v) is 4.06. The van der Waals surface area contributed by atoms with Crippen LogP contribution in [0.15, 0.2) is 12.1 Å². The van der Waals surface area contributed by atoms with Crippen LogP contribution >= 0.6 is 0 Å². The second kappa shape index (κ2) is 7.83. The monoisotopic (exact) mass is 384 g/mol. The van der Waals surface area contributed by atoms with Gasteiger partial charge in [0.25, 0.3) is 5.91 Å². The van der Waals surface area contributed by atoms with Crippen molar-refractivity contribution in [1.82, 2.24) is 4.98 Å². The number of nitrogens with one attached hydrogen (secondary N) is 2. The molecule has 0 aliphatic carbocycles. The predicted octanol–water partition coefficient (Wildman–Crippen LogP) is 3.29. The number of hydrogen-bond acceptors (Lipinski definition) is 4. The summed E-state index contributed by atoms with van der Waals surface area (Å²) in [5.74, 6) is -6.45. The van der Waals surface area contributed by atoms with Crippen LogP contribution in [0.5, 0.6) is 0 Å². The molecular weight excluding hydrogens is 365 g/mol. The number of anilines is 1. The summed E-state index contributed by atoms with van der Waals surface area (Å²) in [5, 5.41) is 11.8. The lowest BCUT2D eigenvalue weighted by Crippen LogP contribution is -2.30. The minimum Gasteiger partial charge on any atom is -0.448 e.